The van der Waals surface area contributed by atoms with E-state index in [1.54, 1.807) is 31.2 Å². The van der Waals surface area contributed by atoms with E-state index in [1.165, 1.54) is 49.5 Å². The fourth-order valence-corrected chi connectivity index (χ4v) is 6.04. The molecule has 3 aromatic carbocycles. The van der Waals surface area contributed by atoms with Gasteiger partial charge >= 0.3 is 0 Å². The van der Waals surface area contributed by atoms with Gasteiger partial charge in [-0.3, -0.25) is 13.9 Å². The second-order valence-corrected chi connectivity index (χ2v) is 12.1. The molecule has 3 rings (SSSR count). The third kappa shape index (κ3) is 8.17. The van der Waals surface area contributed by atoms with E-state index < -0.39 is 34.3 Å². The van der Waals surface area contributed by atoms with Gasteiger partial charge in [0.1, 0.15) is 18.4 Å². The molecule has 0 saturated carbocycles. The first-order valence-electron chi connectivity index (χ1n) is 13.8. The number of benzene rings is 3. The van der Waals surface area contributed by atoms with Gasteiger partial charge in [0.05, 0.1) is 24.8 Å². The zero-order valence-corrected chi connectivity index (χ0v) is 26.4. The summed E-state index contributed by atoms with van der Waals surface area (Å²) in [5.74, 6) is -1.11. The van der Waals surface area contributed by atoms with Crippen LogP contribution in [-0.2, 0) is 26.2 Å². The molecule has 0 aliphatic heterocycles. The van der Waals surface area contributed by atoms with E-state index in [9.17, 15) is 22.4 Å². The molecule has 0 aliphatic carbocycles. The SMILES string of the molecule is CC[C@@H](C)NC(=O)[C@H](CC)N(Cc1ccccc1Cl)C(=O)CN(c1ccc(F)cc1)S(=O)(=O)c1ccc(OC)c(OC)c1. The van der Waals surface area contributed by atoms with E-state index in [4.69, 9.17) is 21.1 Å². The predicted octanol–water partition coefficient (Wildman–Crippen LogP) is 5.41. The molecule has 0 radical (unpaired) electrons. The van der Waals surface area contributed by atoms with Crippen LogP contribution in [0, 0.1) is 5.82 Å². The monoisotopic (exact) mass is 633 g/mol. The van der Waals surface area contributed by atoms with E-state index in [0.717, 1.165) is 16.4 Å². The summed E-state index contributed by atoms with van der Waals surface area (Å²) in [4.78, 5) is 28.7. The maximum atomic E-state index is 14.1. The lowest BCUT2D eigenvalue weighted by Crippen LogP contribution is -2.53. The molecule has 0 aliphatic rings. The number of nitrogens with zero attached hydrogens (tertiary/aromatic N) is 2. The summed E-state index contributed by atoms with van der Waals surface area (Å²) in [7, 11) is -1.61. The molecule has 1 N–H and O–H groups in total. The summed E-state index contributed by atoms with van der Waals surface area (Å²) in [6, 6.07) is 14.7. The van der Waals surface area contributed by atoms with Gasteiger partial charge in [-0.2, -0.15) is 0 Å². The highest BCUT2D eigenvalue weighted by molar-refractivity contribution is 7.92. The molecular weight excluding hydrogens is 597 g/mol. The molecule has 9 nitrogen and oxygen atoms in total. The van der Waals surface area contributed by atoms with Crippen molar-refractivity contribution in [2.24, 2.45) is 0 Å². The number of anilines is 1. The van der Waals surface area contributed by atoms with Gasteiger partial charge in [0.2, 0.25) is 11.8 Å². The highest BCUT2D eigenvalue weighted by Gasteiger charge is 2.34. The Morgan fingerprint density at radius 2 is 1.60 bits per heavy atom. The molecule has 232 valence electrons. The fourth-order valence-electron chi connectivity index (χ4n) is 4.41. The molecule has 2 atom stereocenters. The number of hydrogen-bond acceptors (Lipinski definition) is 6. The van der Waals surface area contributed by atoms with Crippen molar-refractivity contribution >= 4 is 39.1 Å². The summed E-state index contributed by atoms with van der Waals surface area (Å²) in [6.07, 6.45) is 0.944. The van der Waals surface area contributed by atoms with Crippen molar-refractivity contribution in [2.75, 3.05) is 25.1 Å². The smallest absolute Gasteiger partial charge is 0.264 e. The van der Waals surface area contributed by atoms with E-state index in [1.807, 2.05) is 13.8 Å². The Kier molecular flexibility index (Phi) is 11.8. The number of carbonyl (C=O) groups is 2. The number of ether oxygens (including phenoxy) is 2. The Morgan fingerprint density at radius 1 is 0.953 bits per heavy atom. The highest BCUT2D eigenvalue weighted by Crippen LogP contribution is 2.32. The lowest BCUT2D eigenvalue weighted by atomic mass is 10.1. The first-order valence-corrected chi connectivity index (χ1v) is 15.6. The molecule has 0 saturated heterocycles. The van der Waals surface area contributed by atoms with Gasteiger partial charge in [0.25, 0.3) is 10.0 Å². The molecule has 0 heterocycles. The molecular formula is C31H37ClFN3O6S. The second-order valence-electron chi connectivity index (χ2n) is 9.86. The van der Waals surface area contributed by atoms with Crippen LogP contribution in [0.1, 0.15) is 39.2 Å². The van der Waals surface area contributed by atoms with E-state index in [0.29, 0.717) is 22.8 Å². The molecule has 0 aromatic heterocycles. The Hall–Kier alpha value is -3.83. The molecule has 2 amide bonds. The quantitative estimate of drug-likeness (QED) is 0.254. The van der Waals surface area contributed by atoms with Gasteiger partial charge < -0.3 is 19.7 Å². The molecule has 12 heteroatoms. The molecule has 0 fully saturated rings. The minimum atomic E-state index is -4.41. The van der Waals surface area contributed by atoms with Crippen LogP contribution in [0.3, 0.4) is 0 Å². The Morgan fingerprint density at radius 3 is 2.19 bits per heavy atom. The number of halogens is 2. The second kappa shape index (κ2) is 15.1. The predicted molar refractivity (Wildman–Crippen MR) is 164 cm³/mol. The van der Waals surface area contributed by atoms with Crippen LogP contribution in [0.2, 0.25) is 5.02 Å². The minimum absolute atomic E-state index is 0.0431. The van der Waals surface area contributed by atoms with Gasteiger partial charge in [0, 0.05) is 23.7 Å². The van der Waals surface area contributed by atoms with Crippen LogP contribution in [0.25, 0.3) is 0 Å². The number of nitrogens with one attached hydrogen (secondary N) is 1. The Balaban J connectivity index is 2.10. The van der Waals surface area contributed by atoms with Gasteiger partial charge in [-0.05, 0) is 67.8 Å². The number of rotatable bonds is 14. The number of methoxy groups -OCH3 is 2. The van der Waals surface area contributed by atoms with Crippen molar-refractivity contribution in [3.8, 4) is 11.5 Å². The first kappa shape index (κ1) is 33.7. The van der Waals surface area contributed by atoms with Crippen molar-refractivity contribution in [1.82, 2.24) is 10.2 Å². The molecule has 3 aromatic rings. The normalized spacial score (nSPS) is 12.6. The van der Waals surface area contributed by atoms with Crippen LogP contribution in [0.4, 0.5) is 10.1 Å². The van der Waals surface area contributed by atoms with Crippen LogP contribution < -0.4 is 19.1 Å². The van der Waals surface area contributed by atoms with Crippen LogP contribution in [0.5, 0.6) is 11.5 Å². The maximum absolute atomic E-state index is 14.1. The molecule has 0 unspecified atom stereocenters. The lowest BCUT2D eigenvalue weighted by molar-refractivity contribution is -0.140. The van der Waals surface area contributed by atoms with E-state index in [2.05, 4.69) is 5.32 Å². The maximum Gasteiger partial charge on any atom is 0.264 e. The fraction of sp³-hybridized carbons (Fsp3) is 0.355. The van der Waals surface area contributed by atoms with Gasteiger partial charge in [-0.1, -0.05) is 43.6 Å². The topological polar surface area (TPSA) is 105 Å². The summed E-state index contributed by atoms with van der Waals surface area (Å²) in [6.45, 7) is 4.83. The van der Waals surface area contributed by atoms with E-state index in [-0.39, 0.29) is 41.2 Å². The summed E-state index contributed by atoms with van der Waals surface area (Å²) in [5, 5.41) is 3.32. The largest absolute Gasteiger partial charge is 0.493 e. The Bertz CT molecular complexity index is 1520. The number of amides is 2. The summed E-state index contributed by atoms with van der Waals surface area (Å²) >= 11 is 6.43. The van der Waals surface area contributed by atoms with Crippen molar-refractivity contribution in [3.05, 3.63) is 83.1 Å². The highest BCUT2D eigenvalue weighted by atomic mass is 35.5. The van der Waals surface area contributed by atoms with Gasteiger partial charge in [0.15, 0.2) is 11.5 Å². The third-order valence-corrected chi connectivity index (χ3v) is 9.16. The number of sulfonamides is 1. The van der Waals surface area contributed by atoms with Crippen LogP contribution >= 0.6 is 11.6 Å². The lowest BCUT2D eigenvalue weighted by Gasteiger charge is -2.34. The summed E-state index contributed by atoms with van der Waals surface area (Å²) in [5.41, 5.74) is 0.641. The third-order valence-electron chi connectivity index (χ3n) is 7.02. The Labute approximate surface area is 257 Å². The number of carbonyl (C=O) groups excluding carboxylic acids is 2. The van der Waals surface area contributed by atoms with Crippen LogP contribution in [-0.4, -0.2) is 58.0 Å². The average molecular weight is 634 g/mol. The molecule has 0 bridgehead atoms. The zero-order valence-electron chi connectivity index (χ0n) is 24.8. The van der Waals surface area contributed by atoms with Gasteiger partial charge in [-0.15, -0.1) is 0 Å². The van der Waals surface area contributed by atoms with Gasteiger partial charge in [-0.25, -0.2) is 12.8 Å². The number of hydrogen-bond donors (Lipinski definition) is 1. The molecule has 43 heavy (non-hydrogen) atoms. The minimum Gasteiger partial charge on any atom is -0.493 e. The van der Waals surface area contributed by atoms with Crippen molar-refractivity contribution in [1.29, 1.82) is 0 Å². The first-order chi connectivity index (χ1) is 20.5. The zero-order chi connectivity index (χ0) is 31.7. The average Bonchev–Trinajstić information content (AvgIpc) is 3.00. The van der Waals surface area contributed by atoms with Crippen molar-refractivity contribution in [3.63, 3.8) is 0 Å². The van der Waals surface area contributed by atoms with Crippen LogP contribution in [0.15, 0.2) is 71.6 Å². The van der Waals surface area contributed by atoms with Crippen molar-refractivity contribution in [2.45, 2.75) is 57.1 Å². The standard InChI is InChI=1S/C31H37ClFN3O6S/c1-6-21(3)34-31(38)27(7-2)35(19-22-10-8-9-11-26(22)32)30(37)20-36(24-14-12-23(33)13-15-24)43(39,40)25-16-17-28(41-4)29(18-25)42-5/h8-18,21,27H,6-7,19-20H2,1-5H3,(H,34,38)/t21-,27+/m1/s1. The van der Waals surface area contributed by atoms with E-state index >= 15 is 0 Å². The summed E-state index contributed by atoms with van der Waals surface area (Å²) < 4.78 is 53.4. The van der Waals surface area contributed by atoms with Crippen molar-refractivity contribution < 1.29 is 31.9 Å². The molecule has 0 spiro atoms.